The van der Waals surface area contributed by atoms with E-state index in [1.807, 2.05) is 20.0 Å². The molecule has 0 unspecified atom stereocenters. The Balaban J connectivity index is 2.08. The first-order valence-electron chi connectivity index (χ1n) is 5.58. The number of nitrogens with one attached hydrogen (secondary N) is 1. The van der Waals surface area contributed by atoms with Gasteiger partial charge >= 0.3 is 0 Å². The highest BCUT2D eigenvalue weighted by molar-refractivity contribution is 5.48. The van der Waals surface area contributed by atoms with Crippen LogP contribution in [0.4, 0.5) is 11.6 Å². The standard InChI is InChI=1S/C11H18N4O/c1-11(16)3-5-15(6-4-11)10-7-9(12-2)13-8-14-10/h7-8,16H,3-6H2,1-2H3,(H,12,13,14). The molecule has 0 aliphatic carbocycles. The van der Waals surface area contributed by atoms with Gasteiger partial charge in [0.2, 0.25) is 0 Å². The Bertz CT molecular complexity index is 357. The second-order valence-electron chi connectivity index (χ2n) is 4.50. The third-order valence-corrected chi connectivity index (χ3v) is 3.07. The predicted octanol–water partition coefficient (Wildman–Crippen LogP) is 0.869. The number of hydrogen-bond donors (Lipinski definition) is 2. The molecule has 0 spiro atoms. The average molecular weight is 222 g/mol. The largest absolute Gasteiger partial charge is 0.390 e. The van der Waals surface area contributed by atoms with Gasteiger partial charge in [-0.2, -0.15) is 0 Å². The summed E-state index contributed by atoms with van der Waals surface area (Å²) in [7, 11) is 1.84. The maximum atomic E-state index is 9.87. The number of piperidine rings is 1. The Kier molecular flexibility index (Phi) is 2.96. The Morgan fingerprint density at radius 2 is 2.06 bits per heavy atom. The lowest BCUT2D eigenvalue weighted by molar-refractivity contribution is 0.0350. The molecule has 0 amide bonds. The third kappa shape index (κ3) is 2.41. The summed E-state index contributed by atoms with van der Waals surface area (Å²) in [5.74, 6) is 1.75. The van der Waals surface area contributed by atoms with Crippen molar-refractivity contribution in [1.29, 1.82) is 0 Å². The third-order valence-electron chi connectivity index (χ3n) is 3.07. The monoisotopic (exact) mass is 222 g/mol. The molecule has 5 nitrogen and oxygen atoms in total. The fourth-order valence-electron chi connectivity index (χ4n) is 1.87. The van der Waals surface area contributed by atoms with Crippen LogP contribution in [0.1, 0.15) is 19.8 Å². The molecule has 0 bridgehead atoms. The quantitative estimate of drug-likeness (QED) is 0.777. The van der Waals surface area contributed by atoms with E-state index in [4.69, 9.17) is 0 Å². The minimum Gasteiger partial charge on any atom is -0.390 e. The first-order valence-corrected chi connectivity index (χ1v) is 5.58. The molecule has 5 heteroatoms. The molecular weight excluding hydrogens is 204 g/mol. The molecule has 0 aromatic carbocycles. The summed E-state index contributed by atoms with van der Waals surface area (Å²) in [6, 6.07) is 1.93. The van der Waals surface area contributed by atoms with Crippen LogP contribution in [0, 0.1) is 0 Å². The van der Waals surface area contributed by atoms with Crippen molar-refractivity contribution in [1.82, 2.24) is 9.97 Å². The number of hydrogen-bond acceptors (Lipinski definition) is 5. The average Bonchev–Trinajstić information content (AvgIpc) is 2.29. The smallest absolute Gasteiger partial charge is 0.134 e. The van der Waals surface area contributed by atoms with Crippen LogP contribution in [0.25, 0.3) is 0 Å². The van der Waals surface area contributed by atoms with Gasteiger partial charge in [-0.05, 0) is 19.8 Å². The van der Waals surface area contributed by atoms with E-state index in [0.29, 0.717) is 0 Å². The first-order chi connectivity index (χ1) is 7.61. The van der Waals surface area contributed by atoms with Crippen LogP contribution in [0.3, 0.4) is 0 Å². The molecule has 16 heavy (non-hydrogen) atoms. The van der Waals surface area contributed by atoms with Crippen LogP contribution >= 0.6 is 0 Å². The number of aliphatic hydroxyl groups is 1. The fraction of sp³-hybridized carbons (Fsp3) is 0.636. The number of rotatable bonds is 2. The second-order valence-corrected chi connectivity index (χ2v) is 4.50. The lowest BCUT2D eigenvalue weighted by Crippen LogP contribution is -2.42. The normalized spacial score (nSPS) is 19.6. The van der Waals surface area contributed by atoms with Gasteiger partial charge in [-0.1, -0.05) is 0 Å². The summed E-state index contributed by atoms with van der Waals surface area (Å²) in [6.07, 6.45) is 3.13. The summed E-state index contributed by atoms with van der Waals surface area (Å²) in [6.45, 7) is 3.57. The first kappa shape index (κ1) is 11.1. The van der Waals surface area contributed by atoms with E-state index in [9.17, 15) is 5.11 Å². The Hall–Kier alpha value is -1.36. The SMILES string of the molecule is CNc1cc(N2CCC(C)(O)CC2)ncn1. The van der Waals surface area contributed by atoms with E-state index >= 15 is 0 Å². The van der Waals surface area contributed by atoms with E-state index in [2.05, 4.69) is 20.2 Å². The van der Waals surface area contributed by atoms with Crippen molar-refractivity contribution in [3.05, 3.63) is 12.4 Å². The van der Waals surface area contributed by atoms with Gasteiger partial charge in [-0.15, -0.1) is 0 Å². The molecule has 1 aromatic rings. The van der Waals surface area contributed by atoms with Crippen LogP contribution in [0.2, 0.25) is 0 Å². The summed E-state index contributed by atoms with van der Waals surface area (Å²) in [5, 5.41) is 12.9. The molecule has 1 aliphatic rings. The van der Waals surface area contributed by atoms with Crippen LogP contribution < -0.4 is 10.2 Å². The number of anilines is 2. The van der Waals surface area contributed by atoms with Crippen molar-refractivity contribution in [2.45, 2.75) is 25.4 Å². The molecule has 1 aliphatic heterocycles. The Labute approximate surface area is 95.5 Å². The fourth-order valence-corrected chi connectivity index (χ4v) is 1.87. The van der Waals surface area contributed by atoms with Crippen LogP contribution in [-0.2, 0) is 0 Å². The summed E-state index contributed by atoms with van der Waals surface area (Å²) in [4.78, 5) is 10.5. The van der Waals surface area contributed by atoms with E-state index in [1.165, 1.54) is 0 Å². The summed E-state index contributed by atoms with van der Waals surface area (Å²) in [5.41, 5.74) is -0.518. The number of nitrogens with zero attached hydrogens (tertiary/aromatic N) is 3. The van der Waals surface area contributed by atoms with E-state index in [0.717, 1.165) is 37.6 Å². The predicted molar refractivity (Wildman–Crippen MR) is 63.6 cm³/mol. The molecule has 0 radical (unpaired) electrons. The topological polar surface area (TPSA) is 61.3 Å². The van der Waals surface area contributed by atoms with E-state index in [1.54, 1.807) is 6.33 Å². The van der Waals surface area contributed by atoms with E-state index in [-0.39, 0.29) is 0 Å². The van der Waals surface area contributed by atoms with Gasteiger partial charge in [0.15, 0.2) is 0 Å². The van der Waals surface area contributed by atoms with Gasteiger partial charge < -0.3 is 15.3 Å². The molecular formula is C11H18N4O. The van der Waals surface area contributed by atoms with Gasteiger partial charge in [0.25, 0.3) is 0 Å². The second kappa shape index (κ2) is 4.25. The highest BCUT2D eigenvalue weighted by Crippen LogP contribution is 2.25. The van der Waals surface area contributed by atoms with Gasteiger partial charge in [0, 0.05) is 26.2 Å². The van der Waals surface area contributed by atoms with Gasteiger partial charge in [0.1, 0.15) is 18.0 Å². The van der Waals surface area contributed by atoms with Crippen molar-refractivity contribution in [2.75, 3.05) is 30.4 Å². The zero-order valence-corrected chi connectivity index (χ0v) is 9.77. The molecule has 1 aromatic heterocycles. The van der Waals surface area contributed by atoms with Gasteiger partial charge in [-0.3, -0.25) is 0 Å². The van der Waals surface area contributed by atoms with E-state index < -0.39 is 5.60 Å². The van der Waals surface area contributed by atoms with Crippen molar-refractivity contribution in [3.63, 3.8) is 0 Å². The minimum atomic E-state index is -0.518. The molecule has 1 saturated heterocycles. The van der Waals surface area contributed by atoms with Crippen LogP contribution in [0.15, 0.2) is 12.4 Å². The lowest BCUT2D eigenvalue weighted by Gasteiger charge is -2.36. The lowest BCUT2D eigenvalue weighted by atomic mass is 9.94. The zero-order valence-electron chi connectivity index (χ0n) is 9.77. The van der Waals surface area contributed by atoms with Crippen molar-refractivity contribution < 1.29 is 5.11 Å². The molecule has 0 atom stereocenters. The molecule has 1 fully saturated rings. The highest BCUT2D eigenvalue weighted by Gasteiger charge is 2.27. The Morgan fingerprint density at radius 3 is 2.69 bits per heavy atom. The molecule has 88 valence electrons. The van der Waals surface area contributed by atoms with Crippen molar-refractivity contribution >= 4 is 11.6 Å². The van der Waals surface area contributed by atoms with Crippen molar-refractivity contribution in [2.24, 2.45) is 0 Å². The molecule has 2 rings (SSSR count). The maximum absolute atomic E-state index is 9.87. The summed E-state index contributed by atoms with van der Waals surface area (Å²) >= 11 is 0. The van der Waals surface area contributed by atoms with Crippen molar-refractivity contribution in [3.8, 4) is 0 Å². The zero-order chi connectivity index (χ0) is 11.6. The molecule has 2 heterocycles. The van der Waals surface area contributed by atoms with Gasteiger partial charge in [0.05, 0.1) is 5.60 Å². The number of aromatic nitrogens is 2. The Morgan fingerprint density at radius 1 is 1.38 bits per heavy atom. The van der Waals surface area contributed by atoms with Crippen LogP contribution in [-0.4, -0.2) is 40.8 Å². The highest BCUT2D eigenvalue weighted by atomic mass is 16.3. The molecule has 2 N–H and O–H groups in total. The molecule has 0 saturated carbocycles. The summed E-state index contributed by atoms with van der Waals surface area (Å²) < 4.78 is 0. The van der Waals surface area contributed by atoms with Crippen LogP contribution in [0.5, 0.6) is 0 Å². The maximum Gasteiger partial charge on any atom is 0.134 e. The van der Waals surface area contributed by atoms with Gasteiger partial charge in [-0.25, -0.2) is 9.97 Å². The minimum absolute atomic E-state index is 0.518.